The zero-order valence-electron chi connectivity index (χ0n) is 5.14. The van der Waals surface area contributed by atoms with Crippen LogP contribution in [-0.4, -0.2) is 0 Å². The highest BCUT2D eigenvalue weighted by Gasteiger charge is 1.78. The quantitative estimate of drug-likeness (QED) is 0.379. The molecule has 0 amide bonds. The average molecular weight is 200 g/mol. The Morgan fingerprint density at radius 1 is 1.20 bits per heavy atom. The van der Waals surface area contributed by atoms with Gasteiger partial charge < -0.3 is 0 Å². The first-order valence-corrected chi connectivity index (χ1v) is 2.53. The van der Waals surface area contributed by atoms with E-state index in [1.54, 1.807) is 12.1 Å². The highest BCUT2D eigenvalue weighted by Crippen LogP contribution is 2.08. The van der Waals surface area contributed by atoms with Crippen molar-refractivity contribution in [3.05, 3.63) is 40.8 Å². The molecule has 0 aliphatic rings. The highest BCUT2D eigenvalue weighted by atomic mass is 79.9. The second-order valence-corrected chi connectivity index (χ2v) is 1.52. The van der Waals surface area contributed by atoms with Crippen molar-refractivity contribution in [3.8, 4) is 0 Å². The molecule has 3 nitrogen and oxygen atoms in total. The maximum Gasteiger partial charge on any atom is 0.0375 e. The summed E-state index contributed by atoms with van der Waals surface area (Å²) >= 11 is 0. The molecule has 0 unspecified atom stereocenters. The van der Waals surface area contributed by atoms with Gasteiger partial charge in [-0.15, -0.1) is 17.0 Å². The maximum absolute atomic E-state index is 7.98. The van der Waals surface area contributed by atoms with Crippen LogP contribution >= 0.6 is 17.0 Å². The Labute approximate surface area is 69.1 Å². The van der Waals surface area contributed by atoms with Crippen LogP contribution in [0.3, 0.4) is 0 Å². The van der Waals surface area contributed by atoms with Crippen molar-refractivity contribution in [2.45, 2.75) is 0 Å². The van der Waals surface area contributed by atoms with E-state index in [1.807, 2.05) is 18.2 Å². The fraction of sp³-hybridized carbons (Fsp3) is 0. The van der Waals surface area contributed by atoms with Crippen LogP contribution in [0.4, 0.5) is 5.69 Å². The molecule has 0 bridgehead atoms. The molecule has 10 heavy (non-hydrogen) atoms. The predicted molar refractivity (Wildman–Crippen MR) is 45.6 cm³/mol. The molecule has 0 aliphatic carbocycles. The molecule has 0 saturated heterocycles. The number of hydrogen-bond donors (Lipinski definition) is 0. The van der Waals surface area contributed by atoms with Crippen LogP contribution in [0.15, 0.2) is 35.4 Å². The van der Waals surface area contributed by atoms with Gasteiger partial charge in [-0.25, -0.2) is 0 Å². The lowest BCUT2D eigenvalue weighted by molar-refractivity contribution is 1.48. The topological polar surface area (TPSA) is 48.8 Å². The van der Waals surface area contributed by atoms with Gasteiger partial charge in [-0.2, -0.15) is 0 Å². The van der Waals surface area contributed by atoms with Crippen molar-refractivity contribution in [1.82, 2.24) is 0 Å². The molecule has 0 heterocycles. The van der Waals surface area contributed by atoms with E-state index in [2.05, 4.69) is 10.0 Å². The molecule has 0 fully saturated rings. The smallest absolute Gasteiger partial charge is 0.0375 e. The number of hydrogen-bond acceptors (Lipinski definition) is 1. The zero-order chi connectivity index (χ0) is 6.53. The van der Waals surface area contributed by atoms with Gasteiger partial charge in [0, 0.05) is 10.6 Å². The van der Waals surface area contributed by atoms with Gasteiger partial charge >= 0.3 is 0 Å². The summed E-state index contributed by atoms with van der Waals surface area (Å²) < 4.78 is 0. The first-order valence-electron chi connectivity index (χ1n) is 2.53. The molecule has 1 aromatic rings. The molecule has 52 valence electrons. The number of benzene rings is 1. The van der Waals surface area contributed by atoms with E-state index in [1.165, 1.54) is 0 Å². The van der Waals surface area contributed by atoms with Crippen molar-refractivity contribution in [2.75, 3.05) is 0 Å². The molecular formula is C6H6BrN3. The average Bonchev–Trinajstić information content (AvgIpc) is 1.91. The summed E-state index contributed by atoms with van der Waals surface area (Å²) in [5.41, 5.74) is 8.63. The number of azide groups is 1. The summed E-state index contributed by atoms with van der Waals surface area (Å²) in [4.78, 5) is 2.63. The van der Waals surface area contributed by atoms with Gasteiger partial charge in [0.2, 0.25) is 0 Å². The summed E-state index contributed by atoms with van der Waals surface area (Å²) in [6, 6.07) is 9.02. The van der Waals surface area contributed by atoms with Crippen molar-refractivity contribution in [3.63, 3.8) is 0 Å². The van der Waals surface area contributed by atoms with Gasteiger partial charge in [-0.3, -0.25) is 0 Å². The van der Waals surface area contributed by atoms with E-state index >= 15 is 0 Å². The Hall–Kier alpha value is -0.990. The Balaban J connectivity index is 0.000000810. The molecule has 0 aliphatic heterocycles. The third kappa shape index (κ3) is 2.53. The van der Waals surface area contributed by atoms with Gasteiger partial charge in [0.1, 0.15) is 0 Å². The van der Waals surface area contributed by atoms with Gasteiger partial charge in [-0.1, -0.05) is 35.4 Å². The van der Waals surface area contributed by atoms with Gasteiger partial charge in [0.15, 0.2) is 0 Å². The zero-order valence-corrected chi connectivity index (χ0v) is 6.85. The fourth-order valence-electron chi connectivity index (χ4n) is 0.546. The van der Waals surface area contributed by atoms with Crippen molar-refractivity contribution < 1.29 is 0 Å². The number of nitrogens with zero attached hydrogens (tertiary/aromatic N) is 3. The Bertz CT molecular complexity index is 228. The molecule has 0 atom stereocenters. The normalized spacial score (nSPS) is 7.20. The van der Waals surface area contributed by atoms with Crippen LogP contribution in [0.25, 0.3) is 10.4 Å². The minimum atomic E-state index is 0. The number of rotatable bonds is 1. The van der Waals surface area contributed by atoms with Crippen LogP contribution in [0.5, 0.6) is 0 Å². The van der Waals surface area contributed by atoms with Gasteiger partial charge in [0.25, 0.3) is 0 Å². The first-order chi connectivity index (χ1) is 4.43. The molecule has 0 radical (unpaired) electrons. The Kier molecular flexibility index (Phi) is 4.37. The Morgan fingerprint density at radius 2 is 1.80 bits per heavy atom. The van der Waals surface area contributed by atoms with Crippen LogP contribution in [-0.2, 0) is 0 Å². The summed E-state index contributed by atoms with van der Waals surface area (Å²) in [6.45, 7) is 0. The van der Waals surface area contributed by atoms with Crippen molar-refractivity contribution in [2.24, 2.45) is 5.11 Å². The minimum Gasteiger partial charge on any atom is -0.114 e. The van der Waals surface area contributed by atoms with Crippen LogP contribution in [0.2, 0.25) is 0 Å². The van der Waals surface area contributed by atoms with E-state index in [0.29, 0.717) is 5.69 Å². The molecule has 4 heteroatoms. The molecule has 0 saturated carbocycles. The number of halogens is 1. The van der Waals surface area contributed by atoms with E-state index in [4.69, 9.17) is 5.53 Å². The lowest BCUT2D eigenvalue weighted by atomic mass is 10.3. The molecule has 1 rings (SSSR count). The monoisotopic (exact) mass is 199 g/mol. The summed E-state index contributed by atoms with van der Waals surface area (Å²) in [5, 5.41) is 3.39. The van der Waals surface area contributed by atoms with E-state index < -0.39 is 0 Å². The fourth-order valence-corrected chi connectivity index (χ4v) is 0.546. The summed E-state index contributed by atoms with van der Waals surface area (Å²) in [7, 11) is 0. The Morgan fingerprint density at radius 3 is 2.30 bits per heavy atom. The third-order valence-electron chi connectivity index (χ3n) is 0.916. The lowest BCUT2D eigenvalue weighted by Gasteiger charge is -1.83. The highest BCUT2D eigenvalue weighted by molar-refractivity contribution is 8.93. The minimum absolute atomic E-state index is 0. The van der Waals surface area contributed by atoms with Crippen molar-refractivity contribution in [1.29, 1.82) is 0 Å². The van der Waals surface area contributed by atoms with Gasteiger partial charge in [0.05, 0.1) is 0 Å². The van der Waals surface area contributed by atoms with Crippen LogP contribution < -0.4 is 0 Å². The maximum atomic E-state index is 7.98. The van der Waals surface area contributed by atoms with E-state index in [-0.39, 0.29) is 17.0 Å². The van der Waals surface area contributed by atoms with Gasteiger partial charge in [-0.05, 0) is 5.53 Å². The van der Waals surface area contributed by atoms with E-state index in [9.17, 15) is 0 Å². The van der Waals surface area contributed by atoms with E-state index in [0.717, 1.165) is 0 Å². The second kappa shape index (κ2) is 4.85. The standard InChI is InChI=1S/C6H5N3.BrH/c7-9-8-6-4-2-1-3-5-6;/h1-5H;1H. The molecular weight excluding hydrogens is 194 g/mol. The molecule has 0 spiro atoms. The first kappa shape index (κ1) is 9.01. The van der Waals surface area contributed by atoms with Crippen molar-refractivity contribution >= 4 is 22.7 Å². The van der Waals surface area contributed by atoms with Crippen LogP contribution in [0, 0.1) is 0 Å². The molecule has 1 aromatic carbocycles. The largest absolute Gasteiger partial charge is 0.114 e. The molecule has 0 aromatic heterocycles. The SMILES string of the molecule is Br.[N-]=[N+]=Nc1ccccc1. The van der Waals surface area contributed by atoms with Crippen LogP contribution in [0.1, 0.15) is 0 Å². The predicted octanol–water partition coefficient (Wildman–Crippen LogP) is 3.21. The second-order valence-electron chi connectivity index (χ2n) is 1.52. The lowest BCUT2D eigenvalue weighted by Crippen LogP contribution is -1.56. The summed E-state index contributed by atoms with van der Waals surface area (Å²) in [6.07, 6.45) is 0. The third-order valence-corrected chi connectivity index (χ3v) is 0.916. The summed E-state index contributed by atoms with van der Waals surface area (Å²) in [5.74, 6) is 0. The molecule has 0 N–H and O–H groups in total.